The maximum absolute atomic E-state index is 11.2. The second-order valence-corrected chi connectivity index (χ2v) is 8.16. The van der Waals surface area contributed by atoms with E-state index in [1.54, 1.807) is 0 Å². The predicted octanol–water partition coefficient (Wildman–Crippen LogP) is 4.30. The molecule has 1 atom stereocenters. The molecule has 2 aromatic carbocycles. The van der Waals surface area contributed by atoms with Crippen LogP contribution in [0.2, 0.25) is 0 Å². The molecular formula is C25H29N3O3. The van der Waals surface area contributed by atoms with Crippen molar-refractivity contribution in [2.24, 2.45) is 0 Å². The molecule has 0 amide bonds. The summed E-state index contributed by atoms with van der Waals surface area (Å²) in [5.74, 6) is -0.781. The van der Waals surface area contributed by atoms with Gasteiger partial charge in [0.25, 0.3) is 0 Å². The lowest BCUT2D eigenvalue weighted by Gasteiger charge is -2.24. The van der Waals surface area contributed by atoms with E-state index in [1.165, 1.54) is 5.56 Å². The van der Waals surface area contributed by atoms with E-state index in [0.29, 0.717) is 13.1 Å². The SMILES string of the molecule is Cc1ccc(-c2nn(-c3ccccc3)cc2CN(CCC(=O)O)CC2CCCO2)cc1. The minimum Gasteiger partial charge on any atom is -0.481 e. The molecule has 0 bridgehead atoms. The van der Waals surface area contributed by atoms with E-state index in [1.807, 2.05) is 35.0 Å². The number of hydrogen-bond donors (Lipinski definition) is 1. The van der Waals surface area contributed by atoms with Crippen LogP contribution in [0, 0.1) is 6.92 Å². The van der Waals surface area contributed by atoms with E-state index in [0.717, 1.165) is 48.5 Å². The first kappa shape index (κ1) is 21.3. The number of nitrogens with zero attached hydrogens (tertiary/aromatic N) is 3. The molecule has 1 aliphatic rings. The number of benzene rings is 2. The maximum atomic E-state index is 11.2. The number of carboxylic acid groups (broad SMARTS) is 1. The lowest BCUT2D eigenvalue weighted by Crippen LogP contribution is -2.33. The highest BCUT2D eigenvalue weighted by molar-refractivity contribution is 5.67. The average molecular weight is 420 g/mol. The summed E-state index contributed by atoms with van der Waals surface area (Å²) in [6.07, 6.45) is 4.43. The smallest absolute Gasteiger partial charge is 0.304 e. The van der Waals surface area contributed by atoms with Crippen LogP contribution in [-0.2, 0) is 16.1 Å². The van der Waals surface area contributed by atoms with Gasteiger partial charge in [0.05, 0.1) is 23.9 Å². The molecule has 162 valence electrons. The van der Waals surface area contributed by atoms with Crippen LogP contribution in [0.25, 0.3) is 16.9 Å². The highest BCUT2D eigenvalue weighted by Gasteiger charge is 2.22. The van der Waals surface area contributed by atoms with Crippen molar-refractivity contribution in [3.05, 3.63) is 71.9 Å². The van der Waals surface area contributed by atoms with Gasteiger partial charge in [0.15, 0.2) is 0 Å². The standard InChI is InChI=1S/C25H29N3O3/c1-19-9-11-20(12-10-19)25-21(17-28(26-25)22-6-3-2-4-7-22)16-27(14-13-24(29)30)18-23-8-5-15-31-23/h2-4,6-7,9-12,17,23H,5,8,13-16,18H2,1H3,(H,29,30). The van der Waals surface area contributed by atoms with Gasteiger partial charge in [-0.2, -0.15) is 5.10 Å². The van der Waals surface area contributed by atoms with Gasteiger partial charge in [-0.05, 0) is 31.9 Å². The molecule has 0 radical (unpaired) electrons. The zero-order valence-electron chi connectivity index (χ0n) is 17.9. The Morgan fingerprint density at radius 3 is 2.65 bits per heavy atom. The van der Waals surface area contributed by atoms with Crippen molar-refractivity contribution in [1.29, 1.82) is 0 Å². The second kappa shape index (κ2) is 9.90. The molecule has 4 rings (SSSR count). The molecule has 31 heavy (non-hydrogen) atoms. The van der Waals surface area contributed by atoms with Crippen LogP contribution in [0.4, 0.5) is 0 Å². The fourth-order valence-corrected chi connectivity index (χ4v) is 4.00. The average Bonchev–Trinajstić information content (AvgIpc) is 3.43. The van der Waals surface area contributed by atoms with Gasteiger partial charge in [-0.25, -0.2) is 4.68 Å². The monoisotopic (exact) mass is 419 g/mol. The van der Waals surface area contributed by atoms with Crippen molar-refractivity contribution in [1.82, 2.24) is 14.7 Å². The number of carboxylic acids is 1. The van der Waals surface area contributed by atoms with E-state index in [2.05, 4.69) is 42.3 Å². The van der Waals surface area contributed by atoms with Crippen molar-refractivity contribution in [3.8, 4) is 16.9 Å². The lowest BCUT2D eigenvalue weighted by molar-refractivity contribution is -0.137. The van der Waals surface area contributed by atoms with E-state index in [9.17, 15) is 9.90 Å². The van der Waals surface area contributed by atoms with Crippen LogP contribution in [-0.4, -0.2) is 51.6 Å². The molecule has 1 unspecified atom stereocenters. The summed E-state index contributed by atoms with van der Waals surface area (Å²) < 4.78 is 7.73. The zero-order chi connectivity index (χ0) is 21.6. The summed E-state index contributed by atoms with van der Waals surface area (Å²) in [6.45, 7) is 4.71. The van der Waals surface area contributed by atoms with Crippen LogP contribution in [0.3, 0.4) is 0 Å². The number of carbonyl (C=O) groups is 1. The maximum Gasteiger partial charge on any atom is 0.304 e. The van der Waals surface area contributed by atoms with Crippen molar-refractivity contribution in [2.75, 3.05) is 19.7 Å². The minimum atomic E-state index is -0.781. The molecule has 1 saturated heterocycles. The van der Waals surface area contributed by atoms with Gasteiger partial charge in [0, 0.05) is 43.6 Å². The molecule has 2 heterocycles. The minimum absolute atomic E-state index is 0.111. The summed E-state index contributed by atoms with van der Waals surface area (Å²) in [5.41, 5.74) is 5.27. The number of hydrogen-bond acceptors (Lipinski definition) is 4. The fourth-order valence-electron chi connectivity index (χ4n) is 4.00. The Morgan fingerprint density at radius 2 is 1.97 bits per heavy atom. The molecule has 1 N–H and O–H groups in total. The summed E-state index contributed by atoms with van der Waals surface area (Å²) >= 11 is 0. The Hall–Kier alpha value is -2.96. The zero-order valence-corrected chi connectivity index (χ0v) is 17.9. The van der Waals surface area contributed by atoms with E-state index < -0.39 is 5.97 Å². The Bertz CT molecular complexity index is 993. The number of aromatic nitrogens is 2. The fraction of sp³-hybridized carbons (Fsp3) is 0.360. The normalized spacial score (nSPS) is 16.1. The van der Waals surface area contributed by atoms with Crippen molar-refractivity contribution < 1.29 is 14.6 Å². The first-order chi connectivity index (χ1) is 15.1. The van der Waals surface area contributed by atoms with Gasteiger partial charge >= 0.3 is 5.97 Å². The van der Waals surface area contributed by atoms with Crippen LogP contribution >= 0.6 is 0 Å². The van der Waals surface area contributed by atoms with Gasteiger partial charge in [0.1, 0.15) is 0 Å². The lowest BCUT2D eigenvalue weighted by atomic mass is 10.1. The molecule has 0 aliphatic carbocycles. The molecule has 1 aromatic heterocycles. The number of aryl methyl sites for hydroxylation is 1. The first-order valence-electron chi connectivity index (χ1n) is 10.9. The Balaban J connectivity index is 1.65. The second-order valence-electron chi connectivity index (χ2n) is 8.16. The number of rotatable bonds is 9. The molecule has 3 aromatic rings. The van der Waals surface area contributed by atoms with E-state index in [4.69, 9.17) is 9.84 Å². The molecule has 1 fully saturated rings. The predicted molar refractivity (Wildman–Crippen MR) is 120 cm³/mol. The molecule has 1 aliphatic heterocycles. The summed E-state index contributed by atoms with van der Waals surface area (Å²) in [4.78, 5) is 13.4. The molecular weight excluding hydrogens is 390 g/mol. The summed E-state index contributed by atoms with van der Waals surface area (Å²) in [7, 11) is 0. The van der Waals surface area contributed by atoms with Crippen molar-refractivity contribution in [3.63, 3.8) is 0 Å². The highest BCUT2D eigenvalue weighted by atomic mass is 16.5. The number of para-hydroxylation sites is 1. The van der Waals surface area contributed by atoms with Gasteiger partial charge in [0.2, 0.25) is 0 Å². The van der Waals surface area contributed by atoms with E-state index >= 15 is 0 Å². The molecule has 6 nitrogen and oxygen atoms in total. The third-order valence-corrected chi connectivity index (χ3v) is 5.66. The quantitative estimate of drug-likeness (QED) is 0.560. The van der Waals surface area contributed by atoms with Crippen molar-refractivity contribution in [2.45, 2.75) is 38.8 Å². The van der Waals surface area contributed by atoms with Crippen LogP contribution in [0.15, 0.2) is 60.8 Å². The van der Waals surface area contributed by atoms with Gasteiger partial charge in [-0.1, -0.05) is 48.0 Å². The van der Waals surface area contributed by atoms with Gasteiger partial charge in [-0.15, -0.1) is 0 Å². The Labute approximate surface area is 183 Å². The largest absolute Gasteiger partial charge is 0.481 e. The third-order valence-electron chi connectivity index (χ3n) is 5.66. The van der Waals surface area contributed by atoms with Crippen LogP contribution in [0.1, 0.15) is 30.4 Å². The molecule has 0 spiro atoms. The number of ether oxygens (including phenoxy) is 1. The summed E-state index contributed by atoms with van der Waals surface area (Å²) in [5, 5.41) is 14.1. The third kappa shape index (κ3) is 5.60. The Morgan fingerprint density at radius 1 is 1.19 bits per heavy atom. The molecule has 0 saturated carbocycles. The van der Waals surface area contributed by atoms with Crippen molar-refractivity contribution >= 4 is 5.97 Å². The van der Waals surface area contributed by atoms with Crippen LogP contribution < -0.4 is 0 Å². The van der Waals surface area contributed by atoms with Gasteiger partial charge in [-0.3, -0.25) is 9.69 Å². The first-order valence-corrected chi connectivity index (χ1v) is 10.9. The van der Waals surface area contributed by atoms with Crippen LogP contribution in [0.5, 0.6) is 0 Å². The number of aliphatic carboxylic acids is 1. The topological polar surface area (TPSA) is 67.6 Å². The molecule has 6 heteroatoms. The van der Waals surface area contributed by atoms with E-state index in [-0.39, 0.29) is 12.5 Å². The van der Waals surface area contributed by atoms with Gasteiger partial charge < -0.3 is 9.84 Å². The highest BCUT2D eigenvalue weighted by Crippen LogP contribution is 2.26. The summed E-state index contributed by atoms with van der Waals surface area (Å²) in [6, 6.07) is 18.4. The Kier molecular flexibility index (Phi) is 6.79.